The molecule has 22 heavy (non-hydrogen) atoms. The number of allylic oxidation sites excluding steroid dienone is 1. The molecule has 1 aliphatic heterocycles. The highest BCUT2D eigenvalue weighted by molar-refractivity contribution is 9.10. The minimum Gasteiger partial charge on any atom is -0.456 e. The normalized spacial score (nSPS) is 18.6. The molecule has 6 heteroatoms. The Kier molecular flexibility index (Phi) is 4.92. The van der Waals surface area contributed by atoms with Gasteiger partial charge < -0.3 is 15.4 Å². The van der Waals surface area contributed by atoms with Crippen LogP contribution < -0.4 is 10.6 Å². The fourth-order valence-electron chi connectivity index (χ4n) is 2.23. The van der Waals surface area contributed by atoms with Crippen molar-refractivity contribution in [3.63, 3.8) is 0 Å². The van der Waals surface area contributed by atoms with Gasteiger partial charge in [-0.1, -0.05) is 28.1 Å². The van der Waals surface area contributed by atoms with E-state index in [9.17, 15) is 4.79 Å². The van der Waals surface area contributed by atoms with Gasteiger partial charge in [0.2, 0.25) is 0 Å². The van der Waals surface area contributed by atoms with Crippen LogP contribution >= 0.6 is 28.1 Å². The lowest BCUT2D eigenvalue weighted by molar-refractivity contribution is -0.150. The summed E-state index contributed by atoms with van der Waals surface area (Å²) in [4.78, 5) is 12.6. The summed E-state index contributed by atoms with van der Waals surface area (Å²) in [5, 5.41) is 6.64. The fraction of sp³-hybridized carbons (Fsp3) is 0.375. The van der Waals surface area contributed by atoms with Gasteiger partial charge in [0.15, 0.2) is 5.11 Å². The Bertz CT molecular complexity index is 650. The first kappa shape index (κ1) is 17.0. The Labute approximate surface area is 144 Å². The van der Waals surface area contributed by atoms with Crippen LogP contribution in [0, 0.1) is 0 Å². The predicted molar refractivity (Wildman–Crippen MR) is 94.3 cm³/mol. The van der Waals surface area contributed by atoms with E-state index in [0.717, 1.165) is 10.0 Å². The van der Waals surface area contributed by atoms with Crippen molar-refractivity contribution >= 4 is 39.2 Å². The van der Waals surface area contributed by atoms with Crippen LogP contribution in [-0.4, -0.2) is 16.7 Å². The Morgan fingerprint density at radius 1 is 1.36 bits per heavy atom. The molecule has 1 atom stereocenters. The summed E-state index contributed by atoms with van der Waals surface area (Å²) >= 11 is 8.68. The summed E-state index contributed by atoms with van der Waals surface area (Å²) in [6, 6.07) is 7.44. The third-order valence-corrected chi connectivity index (χ3v) is 3.78. The number of nitrogens with one attached hydrogen (secondary N) is 2. The van der Waals surface area contributed by atoms with E-state index < -0.39 is 5.60 Å². The van der Waals surface area contributed by atoms with E-state index in [2.05, 4.69) is 26.6 Å². The Morgan fingerprint density at radius 3 is 2.64 bits per heavy atom. The number of ether oxygens (including phenoxy) is 1. The summed E-state index contributed by atoms with van der Waals surface area (Å²) < 4.78 is 6.48. The van der Waals surface area contributed by atoms with Gasteiger partial charge in [-0.15, -0.1) is 0 Å². The maximum absolute atomic E-state index is 12.6. The molecule has 0 saturated carbocycles. The van der Waals surface area contributed by atoms with Gasteiger partial charge in [-0.25, -0.2) is 4.79 Å². The zero-order valence-corrected chi connectivity index (χ0v) is 15.4. The average Bonchev–Trinajstić information content (AvgIpc) is 2.35. The van der Waals surface area contributed by atoms with Gasteiger partial charge in [-0.2, -0.15) is 0 Å². The number of hydrogen-bond acceptors (Lipinski definition) is 3. The van der Waals surface area contributed by atoms with Crippen LogP contribution in [0.5, 0.6) is 0 Å². The van der Waals surface area contributed by atoms with Gasteiger partial charge in [0.25, 0.3) is 0 Å². The molecule has 4 nitrogen and oxygen atoms in total. The van der Waals surface area contributed by atoms with Crippen molar-refractivity contribution in [3.8, 4) is 0 Å². The van der Waals surface area contributed by atoms with E-state index in [1.165, 1.54) is 0 Å². The molecule has 0 radical (unpaired) electrons. The van der Waals surface area contributed by atoms with Crippen molar-refractivity contribution in [2.75, 3.05) is 0 Å². The largest absolute Gasteiger partial charge is 0.456 e. The lowest BCUT2D eigenvalue weighted by Crippen LogP contribution is -2.45. The molecule has 0 bridgehead atoms. The molecule has 1 heterocycles. The molecular formula is C16H19BrN2O2S. The standard InChI is InChI=1S/C16H19BrN2O2S/c1-9-12(14(20)21-16(2,3)4)13(19-15(22)18-9)10-6-5-7-11(17)8-10/h5-8,13H,1-4H3,(H2,18,19,22). The van der Waals surface area contributed by atoms with E-state index in [-0.39, 0.29) is 12.0 Å². The van der Waals surface area contributed by atoms with Crippen LogP contribution in [-0.2, 0) is 9.53 Å². The van der Waals surface area contributed by atoms with Gasteiger partial charge in [0.1, 0.15) is 5.60 Å². The van der Waals surface area contributed by atoms with Gasteiger partial charge in [-0.05, 0) is 57.6 Å². The van der Waals surface area contributed by atoms with Gasteiger partial charge in [0.05, 0.1) is 11.6 Å². The van der Waals surface area contributed by atoms with Crippen LogP contribution in [0.15, 0.2) is 40.0 Å². The first-order valence-electron chi connectivity index (χ1n) is 6.94. The zero-order chi connectivity index (χ0) is 16.5. The first-order valence-corrected chi connectivity index (χ1v) is 8.14. The average molecular weight is 383 g/mol. The number of halogens is 1. The molecule has 2 N–H and O–H groups in total. The van der Waals surface area contributed by atoms with E-state index in [0.29, 0.717) is 16.4 Å². The Hall–Kier alpha value is -1.40. The fourth-order valence-corrected chi connectivity index (χ4v) is 2.92. The third kappa shape index (κ3) is 4.08. The lowest BCUT2D eigenvalue weighted by atomic mass is 9.95. The third-order valence-electron chi connectivity index (χ3n) is 3.07. The van der Waals surface area contributed by atoms with Crippen molar-refractivity contribution in [1.29, 1.82) is 0 Å². The quantitative estimate of drug-likeness (QED) is 0.604. The second kappa shape index (κ2) is 6.38. The van der Waals surface area contributed by atoms with Crippen molar-refractivity contribution in [3.05, 3.63) is 45.6 Å². The van der Waals surface area contributed by atoms with Crippen molar-refractivity contribution in [2.45, 2.75) is 39.3 Å². The molecule has 0 amide bonds. The number of carbonyl (C=O) groups is 1. The summed E-state index contributed by atoms with van der Waals surface area (Å²) in [5.41, 5.74) is 1.65. The summed E-state index contributed by atoms with van der Waals surface area (Å²) in [7, 11) is 0. The van der Waals surface area contributed by atoms with Crippen molar-refractivity contribution in [2.24, 2.45) is 0 Å². The molecule has 1 aliphatic rings. The Morgan fingerprint density at radius 2 is 2.05 bits per heavy atom. The number of rotatable bonds is 2. The molecule has 0 saturated heterocycles. The smallest absolute Gasteiger partial charge is 0.338 e. The van der Waals surface area contributed by atoms with Crippen LogP contribution in [0.25, 0.3) is 0 Å². The number of benzene rings is 1. The molecule has 0 spiro atoms. The highest BCUT2D eigenvalue weighted by Crippen LogP contribution is 2.30. The van der Waals surface area contributed by atoms with E-state index in [1.807, 2.05) is 52.0 Å². The second-order valence-electron chi connectivity index (χ2n) is 6.13. The highest BCUT2D eigenvalue weighted by Gasteiger charge is 2.32. The molecule has 2 rings (SSSR count). The maximum Gasteiger partial charge on any atom is 0.338 e. The molecule has 0 aliphatic carbocycles. The summed E-state index contributed by atoms with van der Waals surface area (Å²) in [6.45, 7) is 7.38. The molecule has 1 unspecified atom stereocenters. The first-order chi connectivity index (χ1) is 10.2. The van der Waals surface area contributed by atoms with Gasteiger partial charge >= 0.3 is 5.97 Å². The van der Waals surface area contributed by atoms with Crippen LogP contribution in [0.4, 0.5) is 0 Å². The number of carbonyl (C=O) groups excluding carboxylic acids is 1. The topological polar surface area (TPSA) is 50.4 Å². The maximum atomic E-state index is 12.6. The number of thiocarbonyl (C=S) groups is 1. The van der Waals surface area contributed by atoms with Crippen molar-refractivity contribution in [1.82, 2.24) is 10.6 Å². The molecule has 1 aromatic rings. The van der Waals surface area contributed by atoms with Crippen LogP contribution in [0.1, 0.15) is 39.3 Å². The summed E-state index contributed by atoms with van der Waals surface area (Å²) in [6.07, 6.45) is 0. The van der Waals surface area contributed by atoms with E-state index in [4.69, 9.17) is 17.0 Å². The molecule has 0 aromatic heterocycles. The highest BCUT2D eigenvalue weighted by atomic mass is 79.9. The van der Waals surface area contributed by atoms with E-state index >= 15 is 0 Å². The Balaban J connectivity index is 2.43. The predicted octanol–water partition coefficient (Wildman–Crippen LogP) is 3.58. The van der Waals surface area contributed by atoms with Crippen LogP contribution in [0.2, 0.25) is 0 Å². The monoisotopic (exact) mass is 382 g/mol. The van der Waals surface area contributed by atoms with Gasteiger partial charge in [0, 0.05) is 10.2 Å². The number of hydrogen-bond donors (Lipinski definition) is 2. The lowest BCUT2D eigenvalue weighted by Gasteiger charge is -2.31. The molecular weight excluding hydrogens is 364 g/mol. The number of esters is 1. The van der Waals surface area contributed by atoms with Crippen molar-refractivity contribution < 1.29 is 9.53 Å². The molecule has 0 fully saturated rings. The minimum atomic E-state index is -0.551. The SMILES string of the molecule is CC1=C(C(=O)OC(C)(C)C)C(c2cccc(Br)c2)NC(=S)N1. The van der Waals surface area contributed by atoms with Crippen LogP contribution in [0.3, 0.4) is 0 Å². The minimum absolute atomic E-state index is 0.332. The second-order valence-corrected chi connectivity index (χ2v) is 7.45. The van der Waals surface area contributed by atoms with Gasteiger partial charge in [-0.3, -0.25) is 0 Å². The zero-order valence-electron chi connectivity index (χ0n) is 13.0. The van der Waals surface area contributed by atoms with E-state index in [1.54, 1.807) is 0 Å². The summed E-state index contributed by atoms with van der Waals surface area (Å²) in [5.74, 6) is -0.350. The molecule has 118 valence electrons. The molecule has 1 aromatic carbocycles.